The van der Waals surface area contributed by atoms with Crippen molar-refractivity contribution >= 4 is 0 Å². The molecule has 0 aliphatic carbocycles. The summed E-state index contributed by atoms with van der Waals surface area (Å²) in [6.07, 6.45) is 4.88. The van der Waals surface area contributed by atoms with E-state index in [1.165, 1.54) is 0 Å². The number of aliphatic hydroxyl groups excluding tert-OH is 2. The summed E-state index contributed by atoms with van der Waals surface area (Å²) in [5, 5.41) is 19.7. The van der Waals surface area contributed by atoms with Crippen LogP contribution in [0.3, 0.4) is 0 Å². The number of aliphatic hydroxyl groups is 2. The van der Waals surface area contributed by atoms with Crippen molar-refractivity contribution in [2.45, 2.75) is 59.5 Å². The van der Waals surface area contributed by atoms with Gasteiger partial charge in [0.25, 0.3) is 0 Å². The quantitative estimate of drug-likeness (QED) is 0.635. The first-order valence-corrected chi connectivity index (χ1v) is 6.19. The lowest BCUT2D eigenvalue weighted by Gasteiger charge is -2.19. The average Bonchev–Trinajstić information content (AvgIpc) is 2.21. The summed E-state index contributed by atoms with van der Waals surface area (Å²) in [6.45, 7) is 8.25. The van der Waals surface area contributed by atoms with Crippen molar-refractivity contribution < 1.29 is 10.2 Å². The molecule has 0 aliphatic rings. The molecule has 0 radical (unpaired) electrons. The molecule has 0 unspecified atom stereocenters. The van der Waals surface area contributed by atoms with E-state index >= 15 is 0 Å². The van der Waals surface area contributed by atoms with Crippen LogP contribution in [0.2, 0.25) is 0 Å². The molecular weight excluding hydrogens is 188 g/mol. The highest BCUT2D eigenvalue weighted by Gasteiger charge is 2.16. The lowest BCUT2D eigenvalue weighted by atomic mass is 9.93. The minimum atomic E-state index is -0.499. The minimum Gasteiger partial charge on any atom is -0.512 e. The maximum atomic E-state index is 9.88. The summed E-state index contributed by atoms with van der Waals surface area (Å²) in [5.74, 6) is 0.829. The third-order valence-electron chi connectivity index (χ3n) is 3.28. The van der Waals surface area contributed by atoms with Crippen molar-refractivity contribution in [3.8, 4) is 0 Å². The molecule has 0 aliphatic heterocycles. The molecule has 0 aromatic rings. The van der Waals surface area contributed by atoms with Gasteiger partial charge < -0.3 is 10.2 Å². The highest BCUT2D eigenvalue weighted by molar-refractivity contribution is 5.01. The Morgan fingerprint density at radius 3 is 1.80 bits per heavy atom. The SMILES string of the molecule is CCC(CC)/C(O)=C/[C@@H](O)C(CC)CC. The Labute approximate surface area is 94.0 Å². The largest absolute Gasteiger partial charge is 0.512 e. The highest BCUT2D eigenvalue weighted by Crippen LogP contribution is 2.20. The van der Waals surface area contributed by atoms with Crippen molar-refractivity contribution in [1.82, 2.24) is 0 Å². The van der Waals surface area contributed by atoms with Crippen LogP contribution in [0.25, 0.3) is 0 Å². The Kier molecular flexibility index (Phi) is 7.49. The van der Waals surface area contributed by atoms with Gasteiger partial charge in [0.1, 0.15) is 0 Å². The first-order chi connectivity index (χ1) is 7.10. The standard InChI is InChI=1S/C13H26O2/c1-5-10(6-2)12(14)9-13(15)11(7-3)8-4/h9-12,14-15H,5-8H2,1-4H3/b13-9-/t12-/m1/s1. The molecule has 0 fully saturated rings. The monoisotopic (exact) mass is 214 g/mol. The molecule has 2 N–H and O–H groups in total. The summed E-state index contributed by atoms with van der Waals surface area (Å²) in [6, 6.07) is 0. The zero-order chi connectivity index (χ0) is 11.8. The van der Waals surface area contributed by atoms with Crippen LogP contribution in [0.15, 0.2) is 11.8 Å². The molecule has 90 valence electrons. The molecule has 0 heterocycles. The van der Waals surface area contributed by atoms with Gasteiger partial charge >= 0.3 is 0 Å². The molecule has 0 spiro atoms. The van der Waals surface area contributed by atoms with E-state index in [-0.39, 0.29) is 11.8 Å². The second-order valence-corrected chi connectivity index (χ2v) is 4.17. The van der Waals surface area contributed by atoms with Crippen molar-refractivity contribution in [2.75, 3.05) is 0 Å². The molecule has 0 bridgehead atoms. The maximum absolute atomic E-state index is 9.88. The first kappa shape index (κ1) is 14.5. The smallest absolute Gasteiger partial charge is 0.0939 e. The lowest BCUT2D eigenvalue weighted by Crippen LogP contribution is -2.18. The van der Waals surface area contributed by atoms with Gasteiger partial charge in [0, 0.05) is 5.92 Å². The number of rotatable bonds is 7. The molecule has 0 saturated carbocycles. The normalized spacial score (nSPS) is 15.0. The first-order valence-electron chi connectivity index (χ1n) is 6.19. The second-order valence-electron chi connectivity index (χ2n) is 4.17. The highest BCUT2D eigenvalue weighted by atomic mass is 16.3. The Morgan fingerprint density at radius 2 is 1.47 bits per heavy atom. The minimum absolute atomic E-state index is 0.203. The van der Waals surface area contributed by atoms with Crippen LogP contribution in [-0.4, -0.2) is 16.3 Å². The average molecular weight is 214 g/mol. The van der Waals surface area contributed by atoms with Crippen LogP contribution in [-0.2, 0) is 0 Å². The molecule has 0 aromatic carbocycles. The zero-order valence-corrected chi connectivity index (χ0v) is 10.5. The van der Waals surface area contributed by atoms with E-state index < -0.39 is 6.10 Å². The van der Waals surface area contributed by atoms with E-state index in [0.717, 1.165) is 25.7 Å². The third-order valence-corrected chi connectivity index (χ3v) is 3.28. The van der Waals surface area contributed by atoms with Gasteiger partial charge in [0.2, 0.25) is 0 Å². The summed E-state index contributed by atoms with van der Waals surface area (Å²) < 4.78 is 0. The van der Waals surface area contributed by atoms with E-state index in [0.29, 0.717) is 5.76 Å². The van der Waals surface area contributed by atoms with Gasteiger partial charge in [-0.3, -0.25) is 0 Å². The molecule has 15 heavy (non-hydrogen) atoms. The van der Waals surface area contributed by atoms with Crippen molar-refractivity contribution in [3.63, 3.8) is 0 Å². The zero-order valence-electron chi connectivity index (χ0n) is 10.5. The molecule has 1 atom stereocenters. The van der Waals surface area contributed by atoms with E-state index in [9.17, 15) is 10.2 Å². The van der Waals surface area contributed by atoms with Crippen molar-refractivity contribution in [2.24, 2.45) is 11.8 Å². The second kappa shape index (κ2) is 7.75. The third kappa shape index (κ3) is 4.70. The van der Waals surface area contributed by atoms with Crippen LogP contribution >= 0.6 is 0 Å². The van der Waals surface area contributed by atoms with Crippen LogP contribution in [0, 0.1) is 11.8 Å². The molecular formula is C13H26O2. The van der Waals surface area contributed by atoms with Gasteiger partial charge in [-0.15, -0.1) is 0 Å². The number of hydrogen-bond donors (Lipinski definition) is 2. The Balaban J connectivity index is 4.43. The molecule has 2 nitrogen and oxygen atoms in total. The Morgan fingerprint density at radius 1 is 1.00 bits per heavy atom. The lowest BCUT2D eigenvalue weighted by molar-refractivity contribution is 0.140. The molecule has 0 rings (SSSR count). The van der Waals surface area contributed by atoms with Crippen LogP contribution in [0.5, 0.6) is 0 Å². The van der Waals surface area contributed by atoms with Crippen molar-refractivity contribution in [1.29, 1.82) is 0 Å². The van der Waals surface area contributed by atoms with Crippen molar-refractivity contribution in [3.05, 3.63) is 11.8 Å². The fourth-order valence-corrected chi connectivity index (χ4v) is 1.93. The van der Waals surface area contributed by atoms with Crippen LogP contribution in [0.4, 0.5) is 0 Å². The Bertz CT molecular complexity index is 179. The van der Waals surface area contributed by atoms with Gasteiger partial charge in [-0.2, -0.15) is 0 Å². The van der Waals surface area contributed by atoms with E-state index in [2.05, 4.69) is 27.7 Å². The fraction of sp³-hybridized carbons (Fsp3) is 0.846. The summed E-state index contributed by atoms with van der Waals surface area (Å²) >= 11 is 0. The summed E-state index contributed by atoms with van der Waals surface area (Å²) in [7, 11) is 0. The number of hydrogen-bond acceptors (Lipinski definition) is 2. The molecule has 2 heteroatoms. The van der Waals surface area contributed by atoms with E-state index in [1.54, 1.807) is 6.08 Å². The topological polar surface area (TPSA) is 40.5 Å². The fourth-order valence-electron chi connectivity index (χ4n) is 1.93. The predicted octanol–water partition coefficient (Wildman–Crippen LogP) is 3.66. The predicted molar refractivity (Wildman–Crippen MR) is 64.9 cm³/mol. The molecule has 0 aromatic heterocycles. The van der Waals surface area contributed by atoms with Gasteiger partial charge in [-0.25, -0.2) is 0 Å². The van der Waals surface area contributed by atoms with E-state index in [4.69, 9.17) is 0 Å². The maximum Gasteiger partial charge on any atom is 0.0939 e. The van der Waals surface area contributed by atoms with Gasteiger partial charge in [-0.1, -0.05) is 40.5 Å². The van der Waals surface area contributed by atoms with Crippen LogP contribution < -0.4 is 0 Å². The summed E-state index contributed by atoms with van der Waals surface area (Å²) in [5.41, 5.74) is 0. The number of allylic oxidation sites excluding steroid dienone is 1. The van der Waals surface area contributed by atoms with Gasteiger partial charge in [0.05, 0.1) is 11.9 Å². The van der Waals surface area contributed by atoms with Crippen LogP contribution in [0.1, 0.15) is 53.4 Å². The summed E-state index contributed by atoms with van der Waals surface area (Å²) in [4.78, 5) is 0. The Hall–Kier alpha value is -0.500. The molecule has 0 amide bonds. The van der Waals surface area contributed by atoms with Gasteiger partial charge in [-0.05, 0) is 24.8 Å². The molecule has 0 saturated heterocycles. The van der Waals surface area contributed by atoms with Gasteiger partial charge in [0.15, 0.2) is 0 Å². The van der Waals surface area contributed by atoms with E-state index in [1.807, 2.05) is 0 Å².